The predicted molar refractivity (Wildman–Crippen MR) is 68.5 cm³/mol. The maximum atomic E-state index is 11.8. The first-order valence-electron chi connectivity index (χ1n) is 6.71. The quantitative estimate of drug-likeness (QED) is 0.907. The number of ether oxygens (including phenoxy) is 1. The van der Waals surface area contributed by atoms with Gasteiger partial charge in [-0.2, -0.15) is 4.98 Å². The summed E-state index contributed by atoms with van der Waals surface area (Å²) in [6.45, 7) is 7.46. The van der Waals surface area contributed by atoms with Crippen LogP contribution in [0.25, 0.3) is 0 Å². The smallest absolute Gasteiger partial charge is 0.408 e. The van der Waals surface area contributed by atoms with Gasteiger partial charge in [0, 0.05) is 6.42 Å². The molecule has 1 aromatic heterocycles. The molecular weight excluding hydrogens is 246 g/mol. The minimum atomic E-state index is -0.510. The Kier molecular flexibility index (Phi) is 3.78. The van der Waals surface area contributed by atoms with Crippen molar-refractivity contribution in [1.82, 2.24) is 15.5 Å². The lowest BCUT2D eigenvalue weighted by Crippen LogP contribution is -2.36. The molecule has 1 fully saturated rings. The Hall–Kier alpha value is -1.59. The van der Waals surface area contributed by atoms with E-state index in [0.717, 1.165) is 12.8 Å². The number of amides is 1. The third kappa shape index (κ3) is 3.94. The Bertz CT molecular complexity index is 446. The fourth-order valence-corrected chi connectivity index (χ4v) is 1.80. The normalized spacial score (nSPS) is 17.1. The van der Waals surface area contributed by atoms with Crippen molar-refractivity contribution in [2.45, 2.75) is 58.6 Å². The number of hydrogen-bond donors (Lipinski definition) is 1. The molecule has 1 aliphatic carbocycles. The molecule has 1 saturated carbocycles. The Morgan fingerprint density at radius 1 is 1.53 bits per heavy atom. The highest BCUT2D eigenvalue weighted by atomic mass is 16.6. The number of aryl methyl sites for hydroxylation is 1. The number of rotatable bonds is 4. The molecular formula is C13H21N3O3. The van der Waals surface area contributed by atoms with E-state index in [1.165, 1.54) is 0 Å². The first-order chi connectivity index (χ1) is 8.89. The van der Waals surface area contributed by atoms with Crippen LogP contribution in [0.5, 0.6) is 0 Å². The lowest BCUT2D eigenvalue weighted by Gasteiger charge is -2.22. The molecule has 0 aliphatic heterocycles. The van der Waals surface area contributed by atoms with Gasteiger partial charge in [0.1, 0.15) is 5.60 Å². The molecule has 1 N–H and O–H groups in total. The fourth-order valence-electron chi connectivity index (χ4n) is 1.80. The molecule has 1 atom stereocenters. The Morgan fingerprint density at radius 3 is 2.68 bits per heavy atom. The predicted octanol–water partition coefficient (Wildman–Crippen LogP) is 2.61. The van der Waals surface area contributed by atoms with Crippen molar-refractivity contribution in [3.05, 3.63) is 11.7 Å². The van der Waals surface area contributed by atoms with E-state index >= 15 is 0 Å². The lowest BCUT2D eigenvalue weighted by molar-refractivity contribution is 0.0494. The van der Waals surface area contributed by atoms with Gasteiger partial charge in [0.05, 0.1) is 6.04 Å². The molecule has 1 amide bonds. The number of hydrogen-bond acceptors (Lipinski definition) is 5. The first-order valence-corrected chi connectivity index (χ1v) is 6.71. The van der Waals surface area contributed by atoms with Crippen LogP contribution in [-0.4, -0.2) is 21.8 Å². The maximum absolute atomic E-state index is 11.8. The van der Waals surface area contributed by atoms with Crippen molar-refractivity contribution in [1.29, 1.82) is 0 Å². The molecule has 0 aromatic carbocycles. The Morgan fingerprint density at radius 2 is 2.21 bits per heavy atom. The summed E-state index contributed by atoms with van der Waals surface area (Å²) in [5, 5.41) is 6.78. The van der Waals surface area contributed by atoms with Gasteiger partial charge < -0.3 is 14.6 Å². The van der Waals surface area contributed by atoms with Crippen molar-refractivity contribution in [3.63, 3.8) is 0 Å². The molecule has 0 spiro atoms. The van der Waals surface area contributed by atoms with Gasteiger partial charge in [0.2, 0.25) is 5.89 Å². The second-order valence-corrected chi connectivity index (χ2v) is 5.86. The molecule has 0 saturated heterocycles. The van der Waals surface area contributed by atoms with Crippen LogP contribution in [0.1, 0.15) is 58.3 Å². The third-order valence-corrected chi connectivity index (χ3v) is 2.83. The maximum Gasteiger partial charge on any atom is 0.408 e. The molecule has 19 heavy (non-hydrogen) atoms. The van der Waals surface area contributed by atoms with Gasteiger partial charge in [-0.05, 0) is 39.5 Å². The average Bonchev–Trinajstić information content (AvgIpc) is 3.01. The van der Waals surface area contributed by atoms with Crippen molar-refractivity contribution in [2.75, 3.05) is 0 Å². The molecule has 1 heterocycles. The van der Waals surface area contributed by atoms with Crippen LogP contribution >= 0.6 is 0 Å². The zero-order valence-corrected chi connectivity index (χ0v) is 11.9. The molecule has 0 bridgehead atoms. The molecule has 6 nitrogen and oxygen atoms in total. The second kappa shape index (κ2) is 5.19. The number of nitrogens with one attached hydrogen (secondary N) is 1. The zero-order chi connectivity index (χ0) is 14.0. The highest BCUT2D eigenvalue weighted by molar-refractivity contribution is 5.68. The van der Waals surface area contributed by atoms with E-state index in [-0.39, 0.29) is 6.04 Å². The molecule has 2 rings (SSSR count). The number of nitrogens with zero attached hydrogens (tertiary/aromatic N) is 2. The van der Waals surface area contributed by atoms with Crippen LogP contribution in [0.3, 0.4) is 0 Å². The van der Waals surface area contributed by atoms with Gasteiger partial charge in [-0.25, -0.2) is 4.79 Å². The first kappa shape index (κ1) is 13.8. The number of alkyl carbamates (subject to hydrolysis) is 1. The molecule has 0 radical (unpaired) electrons. The topological polar surface area (TPSA) is 77.2 Å². The van der Waals surface area contributed by atoms with E-state index in [2.05, 4.69) is 15.5 Å². The minimum Gasteiger partial charge on any atom is -0.444 e. The minimum absolute atomic E-state index is 0.209. The van der Waals surface area contributed by atoms with Crippen LogP contribution < -0.4 is 5.32 Å². The lowest BCUT2D eigenvalue weighted by atomic mass is 10.2. The summed E-state index contributed by atoms with van der Waals surface area (Å²) in [5.41, 5.74) is -0.510. The summed E-state index contributed by atoms with van der Waals surface area (Å²) in [7, 11) is 0. The van der Waals surface area contributed by atoms with Crippen LogP contribution in [0.15, 0.2) is 4.52 Å². The third-order valence-electron chi connectivity index (χ3n) is 2.83. The summed E-state index contributed by atoms with van der Waals surface area (Å²) < 4.78 is 10.4. The van der Waals surface area contributed by atoms with Crippen molar-refractivity contribution in [2.24, 2.45) is 5.92 Å². The van der Waals surface area contributed by atoms with Gasteiger partial charge in [-0.15, -0.1) is 0 Å². The highest BCUT2D eigenvalue weighted by Gasteiger charge is 2.37. The standard InChI is InChI=1S/C13H21N3O3/c1-5-9-14-11(16-19-9)10(8-6-7-8)15-12(17)18-13(2,3)4/h8,10H,5-7H2,1-4H3,(H,15,17)/t10-/m0/s1. The van der Waals surface area contributed by atoms with Gasteiger partial charge in [-0.3, -0.25) is 0 Å². The van der Waals surface area contributed by atoms with E-state index in [4.69, 9.17) is 9.26 Å². The monoisotopic (exact) mass is 267 g/mol. The SMILES string of the molecule is CCc1nc([C@@H](NC(=O)OC(C)(C)C)C2CC2)no1. The molecule has 0 unspecified atom stereocenters. The van der Waals surface area contributed by atoms with E-state index < -0.39 is 11.7 Å². The van der Waals surface area contributed by atoms with Crippen LogP contribution in [-0.2, 0) is 11.2 Å². The van der Waals surface area contributed by atoms with Gasteiger partial charge in [-0.1, -0.05) is 12.1 Å². The van der Waals surface area contributed by atoms with Crippen LogP contribution in [0.2, 0.25) is 0 Å². The molecule has 106 valence electrons. The average molecular weight is 267 g/mol. The second-order valence-electron chi connectivity index (χ2n) is 5.86. The summed E-state index contributed by atoms with van der Waals surface area (Å²) in [6.07, 6.45) is 2.39. The number of aromatic nitrogens is 2. The van der Waals surface area contributed by atoms with Crippen LogP contribution in [0.4, 0.5) is 4.79 Å². The summed E-state index contributed by atoms with van der Waals surface area (Å²) in [6, 6.07) is -0.209. The highest BCUT2D eigenvalue weighted by Crippen LogP contribution is 2.40. The summed E-state index contributed by atoms with van der Waals surface area (Å²) in [5.74, 6) is 1.52. The molecule has 1 aliphatic rings. The fraction of sp³-hybridized carbons (Fsp3) is 0.769. The number of carbonyl (C=O) groups is 1. The van der Waals surface area contributed by atoms with Gasteiger partial charge in [0.25, 0.3) is 0 Å². The van der Waals surface area contributed by atoms with E-state index in [0.29, 0.717) is 24.1 Å². The number of carbonyl (C=O) groups excluding carboxylic acids is 1. The van der Waals surface area contributed by atoms with E-state index in [9.17, 15) is 4.79 Å². The van der Waals surface area contributed by atoms with Crippen molar-refractivity contribution < 1.29 is 14.1 Å². The van der Waals surface area contributed by atoms with E-state index in [1.54, 1.807) is 0 Å². The van der Waals surface area contributed by atoms with Crippen LogP contribution in [0, 0.1) is 5.92 Å². The summed E-state index contributed by atoms with van der Waals surface area (Å²) >= 11 is 0. The Balaban J connectivity index is 2.02. The summed E-state index contributed by atoms with van der Waals surface area (Å²) in [4.78, 5) is 16.1. The van der Waals surface area contributed by atoms with Gasteiger partial charge in [0.15, 0.2) is 5.82 Å². The van der Waals surface area contributed by atoms with E-state index in [1.807, 2.05) is 27.7 Å². The Labute approximate surface area is 112 Å². The van der Waals surface area contributed by atoms with Crippen molar-refractivity contribution >= 4 is 6.09 Å². The zero-order valence-electron chi connectivity index (χ0n) is 11.9. The van der Waals surface area contributed by atoms with Crippen molar-refractivity contribution in [3.8, 4) is 0 Å². The molecule has 1 aromatic rings. The molecule has 6 heteroatoms. The largest absolute Gasteiger partial charge is 0.444 e. The van der Waals surface area contributed by atoms with Gasteiger partial charge >= 0.3 is 6.09 Å².